The van der Waals surface area contributed by atoms with Crippen LogP contribution < -0.4 is 11.1 Å². The second kappa shape index (κ2) is 6.86. The Balaban J connectivity index is 0.00000162. The van der Waals surface area contributed by atoms with Crippen molar-refractivity contribution in [3.63, 3.8) is 0 Å². The van der Waals surface area contributed by atoms with Crippen LogP contribution in [0, 0.1) is 5.41 Å². The van der Waals surface area contributed by atoms with E-state index >= 15 is 0 Å². The third-order valence-corrected chi connectivity index (χ3v) is 3.88. The van der Waals surface area contributed by atoms with Gasteiger partial charge in [0.1, 0.15) is 0 Å². The predicted octanol–water partition coefficient (Wildman–Crippen LogP) is 2.89. The number of alkyl halides is 2. The van der Waals surface area contributed by atoms with Gasteiger partial charge in [-0.05, 0) is 25.7 Å². The zero-order valence-electron chi connectivity index (χ0n) is 10.5. The quantitative estimate of drug-likeness (QED) is 0.452. The molecule has 2 rings (SSSR count). The number of guanidine groups is 1. The summed E-state index contributed by atoms with van der Waals surface area (Å²) in [4.78, 5) is 4.08. The molecule has 2 fully saturated rings. The summed E-state index contributed by atoms with van der Waals surface area (Å²) in [7, 11) is 0. The first-order valence-corrected chi connectivity index (χ1v) is 6.47. The molecule has 0 atom stereocenters. The lowest BCUT2D eigenvalue weighted by atomic mass is 9.96. The summed E-state index contributed by atoms with van der Waals surface area (Å²) in [5, 5.41) is 3.14. The number of nitrogens with two attached hydrogens (primary N) is 1. The highest BCUT2D eigenvalue weighted by molar-refractivity contribution is 14.0. The molecule has 0 radical (unpaired) electrons. The van der Waals surface area contributed by atoms with Crippen molar-refractivity contribution in [2.24, 2.45) is 16.1 Å². The van der Waals surface area contributed by atoms with Crippen molar-refractivity contribution in [2.45, 2.75) is 57.4 Å². The normalized spacial score (nSPS) is 23.6. The fourth-order valence-corrected chi connectivity index (χ4v) is 2.35. The molecule has 0 amide bonds. The summed E-state index contributed by atoms with van der Waals surface area (Å²) < 4.78 is 25.3. The highest BCUT2D eigenvalue weighted by Gasteiger charge is 2.50. The monoisotopic (exact) mass is 373 g/mol. The maximum absolute atomic E-state index is 12.7. The van der Waals surface area contributed by atoms with Gasteiger partial charge in [0.05, 0.1) is 12.0 Å². The number of nitrogens with one attached hydrogen (secondary N) is 1. The van der Waals surface area contributed by atoms with Gasteiger partial charge in [0.25, 0.3) is 0 Å². The molecule has 0 bridgehead atoms. The van der Waals surface area contributed by atoms with Crippen LogP contribution in [0.2, 0.25) is 0 Å². The molecule has 106 valence electrons. The Morgan fingerprint density at radius 1 is 1.28 bits per heavy atom. The van der Waals surface area contributed by atoms with Crippen molar-refractivity contribution in [3.05, 3.63) is 0 Å². The number of hydrogen-bond acceptors (Lipinski definition) is 1. The number of aliphatic imine (C=N–C) groups is 1. The lowest BCUT2D eigenvalue weighted by Gasteiger charge is -2.23. The molecule has 0 saturated heterocycles. The third-order valence-electron chi connectivity index (χ3n) is 3.88. The molecule has 0 aromatic carbocycles. The molecule has 0 aliphatic heterocycles. The number of nitrogens with zero attached hydrogens (tertiary/aromatic N) is 1. The minimum Gasteiger partial charge on any atom is -0.370 e. The molecular weight excluding hydrogens is 351 g/mol. The van der Waals surface area contributed by atoms with Gasteiger partial charge in [-0.1, -0.05) is 19.3 Å². The molecule has 0 aromatic heterocycles. The van der Waals surface area contributed by atoms with Crippen LogP contribution in [0.4, 0.5) is 8.78 Å². The first-order valence-electron chi connectivity index (χ1n) is 6.47. The van der Waals surface area contributed by atoms with E-state index in [1.165, 1.54) is 19.3 Å². The average Bonchev–Trinajstić information content (AvgIpc) is 3.09. The Kier molecular flexibility index (Phi) is 6.07. The third kappa shape index (κ3) is 4.20. The molecule has 2 aliphatic carbocycles. The Labute approximate surface area is 124 Å². The molecule has 3 nitrogen and oxygen atoms in total. The van der Waals surface area contributed by atoms with Crippen LogP contribution in [0.3, 0.4) is 0 Å². The molecule has 2 saturated carbocycles. The second-order valence-corrected chi connectivity index (χ2v) is 5.34. The van der Waals surface area contributed by atoms with Crippen molar-refractivity contribution < 1.29 is 8.78 Å². The molecule has 3 N–H and O–H groups in total. The second-order valence-electron chi connectivity index (χ2n) is 5.34. The summed E-state index contributed by atoms with van der Waals surface area (Å²) >= 11 is 0. The van der Waals surface area contributed by atoms with Crippen LogP contribution in [0.5, 0.6) is 0 Å². The smallest absolute Gasteiger partial charge is 0.245 e. The fourth-order valence-electron chi connectivity index (χ4n) is 2.35. The van der Waals surface area contributed by atoms with Gasteiger partial charge >= 0.3 is 0 Å². The predicted molar refractivity (Wildman–Crippen MR) is 79.6 cm³/mol. The Hall–Kier alpha value is -0.140. The van der Waals surface area contributed by atoms with E-state index in [1.807, 2.05) is 0 Å². The first-order chi connectivity index (χ1) is 8.12. The Morgan fingerprint density at radius 2 is 1.89 bits per heavy atom. The average molecular weight is 373 g/mol. The fraction of sp³-hybridized carbons (Fsp3) is 0.917. The van der Waals surface area contributed by atoms with Gasteiger partial charge in [-0.25, -0.2) is 8.78 Å². The van der Waals surface area contributed by atoms with Crippen LogP contribution in [-0.4, -0.2) is 25.0 Å². The summed E-state index contributed by atoms with van der Waals surface area (Å²) in [6.45, 7) is 0.163. The van der Waals surface area contributed by atoms with Gasteiger partial charge in [0.2, 0.25) is 6.43 Å². The maximum Gasteiger partial charge on any atom is 0.245 e. The van der Waals surface area contributed by atoms with E-state index < -0.39 is 11.8 Å². The van der Waals surface area contributed by atoms with Crippen molar-refractivity contribution in [1.82, 2.24) is 5.32 Å². The Bertz CT molecular complexity index is 287. The Morgan fingerprint density at radius 3 is 2.39 bits per heavy atom. The molecule has 18 heavy (non-hydrogen) atoms. The highest BCUT2D eigenvalue weighted by atomic mass is 127. The topological polar surface area (TPSA) is 50.4 Å². The van der Waals surface area contributed by atoms with Gasteiger partial charge in [-0.2, -0.15) is 0 Å². The first kappa shape index (κ1) is 15.9. The van der Waals surface area contributed by atoms with Gasteiger partial charge < -0.3 is 11.1 Å². The summed E-state index contributed by atoms with van der Waals surface area (Å²) in [6.07, 6.45) is 4.80. The zero-order valence-corrected chi connectivity index (χ0v) is 12.8. The molecule has 0 aromatic rings. The highest BCUT2D eigenvalue weighted by Crippen LogP contribution is 2.50. The summed E-state index contributed by atoms with van der Waals surface area (Å²) in [5.41, 5.74) is 4.87. The van der Waals surface area contributed by atoms with Gasteiger partial charge in [0.15, 0.2) is 5.96 Å². The number of hydrogen-bond donors (Lipinski definition) is 2. The van der Waals surface area contributed by atoms with Crippen LogP contribution in [-0.2, 0) is 0 Å². The molecule has 6 heteroatoms. The molecule has 0 heterocycles. The minimum atomic E-state index is -2.27. The van der Waals surface area contributed by atoms with Gasteiger partial charge in [0, 0.05) is 6.04 Å². The molecular formula is C12H22F2IN3. The van der Waals surface area contributed by atoms with E-state index in [2.05, 4.69) is 10.3 Å². The van der Waals surface area contributed by atoms with Gasteiger partial charge in [-0.15, -0.1) is 24.0 Å². The minimum absolute atomic E-state index is 0. The van der Waals surface area contributed by atoms with E-state index in [9.17, 15) is 8.78 Å². The van der Waals surface area contributed by atoms with Crippen LogP contribution in [0.1, 0.15) is 44.9 Å². The van der Waals surface area contributed by atoms with Crippen molar-refractivity contribution in [2.75, 3.05) is 6.54 Å². The van der Waals surface area contributed by atoms with Crippen LogP contribution in [0.25, 0.3) is 0 Å². The molecule has 0 spiro atoms. The van der Waals surface area contributed by atoms with Gasteiger partial charge in [-0.3, -0.25) is 4.99 Å². The molecule has 2 aliphatic rings. The SMILES string of the molecule is I.NC(=NCC1(C(F)F)CC1)NC1CCCCC1. The standard InChI is InChI=1S/C12H21F2N3.HI/c13-10(14)12(6-7-12)8-16-11(15)17-9-4-2-1-3-5-9;/h9-10H,1-8H2,(H3,15,16,17);1H. The van der Waals surface area contributed by atoms with E-state index in [1.54, 1.807) is 0 Å². The zero-order chi connectivity index (χ0) is 12.3. The van der Waals surface area contributed by atoms with Crippen molar-refractivity contribution in [1.29, 1.82) is 0 Å². The lowest BCUT2D eigenvalue weighted by molar-refractivity contribution is 0.0667. The van der Waals surface area contributed by atoms with E-state index in [0.717, 1.165) is 12.8 Å². The van der Waals surface area contributed by atoms with Crippen molar-refractivity contribution in [3.8, 4) is 0 Å². The maximum atomic E-state index is 12.7. The van der Waals surface area contributed by atoms with E-state index in [-0.39, 0.29) is 30.5 Å². The largest absolute Gasteiger partial charge is 0.370 e. The van der Waals surface area contributed by atoms with E-state index in [0.29, 0.717) is 24.8 Å². The number of halogens is 3. The van der Waals surface area contributed by atoms with Crippen molar-refractivity contribution >= 4 is 29.9 Å². The van der Waals surface area contributed by atoms with Crippen LogP contribution >= 0.6 is 24.0 Å². The lowest BCUT2D eigenvalue weighted by Crippen LogP contribution is -2.41. The van der Waals surface area contributed by atoms with Crippen LogP contribution in [0.15, 0.2) is 4.99 Å². The van der Waals surface area contributed by atoms with E-state index in [4.69, 9.17) is 5.73 Å². The summed E-state index contributed by atoms with van der Waals surface area (Å²) in [6, 6.07) is 0.384. The molecule has 0 unspecified atom stereocenters. The summed E-state index contributed by atoms with van der Waals surface area (Å²) in [5.74, 6) is 0.337. The number of rotatable bonds is 4.